The molecule has 0 atom stereocenters. The van der Waals surface area contributed by atoms with Gasteiger partial charge in [0.25, 0.3) is 0 Å². The maximum atomic E-state index is 10.2. The van der Waals surface area contributed by atoms with Crippen LogP contribution in [0.3, 0.4) is 0 Å². The Balaban J connectivity index is 2.35. The molecule has 0 aliphatic carbocycles. The number of amides is 2. The Kier molecular flexibility index (Phi) is 1.48. The molecular formula is C5H8N2O+. The third-order valence-electron chi connectivity index (χ3n) is 1.21. The fourth-order valence-corrected chi connectivity index (χ4v) is 0.784. The SMILES string of the molecule is [NH]C(=O)[N+]1[CH]CCC1. The van der Waals surface area contributed by atoms with Gasteiger partial charge in [-0.1, -0.05) is 4.90 Å². The monoisotopic (exact) mass is 112 g/mol. The summed E-state index contributed by atoms with van der Waals surface area (Å²) in [5.41, 5.74) is 6.63. The van der Waals surface area contributed by atoms with E-state index in [2.05, 4.69) is 0 Å². The number of likely N-dealkylation sites (tertiary alicyclic amines) is 1. The zero-order chi connectivity index (χ0) is 5.98. The van der Waals surface area contributed by atoms with Gasteiger partial charge < -0.3 is 0 Å². The molecule has 0 aromatic heterocycles. The summed E-state index contributed by atoms with van der Waals surface area (Å²) < 4.78 is 0. The van der Waals surface area contributed by atoms with Crippen LogP contribution < -0.4 is 10.6 Å². The van der Waals surface area contributed by atoms with Gasteiger partial charge in [-0.25, -0.2) is 5.73 Å². The van der Waals surface area contributed by atoms with Crippen molar-refractivity contribution in [1.82, 2.24) is 10.6 Å². The molecule has 0 aromatic rings. The van der Waals surface area contributed by atoms with E-state index in [0.717, 1.165) is 19.4 Å². The number of nitrogens with one attached hydrogen (secondary N) is 1. The quantitative estimate of drug-likeness (QED) is 0.420. The molecule has 1 heterocycles. The molecule has 8 heavy (non-hydrogen) atoms. The number of rotatable bonds is 0. The highest BCUT2D eigenvalue weighted by atomic mass is 16.2. The van der Waals surface area contributed by atoms with Gasteiger partial charge in [-0.05, 0) is 0 Å². The Hall–Kier alpha value is -0.570. The lowest BCUT2D eigenvalue weighted by molar-refractivity contribution is 0.238. The highest BCUT2D eigenvalue weighted by Gasteiger charge is 2.28. The molecular weight excluding hydrogens is 104 g/mol. The Bertz CT molecular complexity index is 96.6. The Morgan fingerprint density at radius 2 is 2.50 bits per heavy atom. The van der Waals surface area contributed by atoms with E-state index in [-0.39, 0.29) is 0 Å². The Morgan fingerprint density at radius 1 is 1.75 bits per heavy atom. The first-order valence-electron chi connectivity index (χ1n) is 2.66. The second-order valence-electron chi connectivity index (χ2n) is 1.82. The minimum Gasteiger partial charge on any atom is -0.207 e. The number of carbonyl (C=O) groups is 1. The van der Waals surface area contributed by atoms with Gasteiger partial charge >= 0.3 is 6.03 Å². The normalized spacial score (nSPS) is 21.5. The molecule has 1 N–H and O–H groups in total. The zero-order valence-corrected chi connectivity index (χ0v) is 4.55. The molecule has 1 aliphatic heterocycles. The molecule has 0 aromatic carbocycles. The van der Waals surface area contributed by atoms with Crippen molar-refractivity contribution in [2.75, 3.05) is 6.54 Å². The molecule has 43 valence electrons. The summed E-state index contributed by atoms with van der Waals surface area (Å²) in [7, 11) is 0. The summed E-state index contributed by atoms with van der Waals surface area (Å²) >= 11 is 0. The van der Waals surface area contributed by atoms with Gasteiger partial charge in [0, 0.05) is 12.8 Å². The third kappa shape index (κ3) is 0.980. The number of hydrogen-bond donors (Lipinski definition) is 0. The highest BCUT2D eigenvalue weighted by Crippen LogP contribution is 2.07. The van der Waals surface area contributed by atoms with Crippen LogP contribution in [-0.4, -0.2) is 12.6 Å². The average Bonchev–Trinajstić information content (AvgIpc) is 2.12. The molecule has 1 rings (SSSR count). The van der Waals surface area contributed by atoms with Crippen LogP contribution >= 0.6 is 0 Å². The van der Waals surface area contributed by atoms with E-state index in [1.54, 1.807) is 6.54 Å². The van der Waals surface area contributed by atoms with Gasteiger partial charge in [0.05, 0.1) is 0 Å². The summed E-state index contributed by atoms with van der Waals surface area (Å²) in [6.45, 7) is 2.51. The van der Waals surface area contributed by atoms with Crippen molar-refractivity contribution in [3.05, 3.63) is 6.54 Å². The smallest absolute Gasteiger partial charge is 0.207 e. The zero-order valence-electron chi connectivity index (χ0n) is 4.55. The van der Waals surface area contributed by atoms with Crippen molar-refractivity contribution in [1.29, 1.82) is 0 Å². The minimum atomic E-state index is -0.581. The van der Waals surface area contributed by atoms with Crippen LogP contribution in [0.25, 0.3) is 0 Å². The summed E-state index contributed by atoms with van der Waals surface area (Å²) in [6.07, 6.45) is 1.97. The summed E-state index contributed by atoms with van der Waals surface area (Å²) in [6, 6.07) is -0.581. The van der Waals surface area contributed by atoms with Crippen molar-refractivity contribution < 1.29 is 4.79 Å². The molecule has 2 amide bonds. The third-order valence-corrected chi connectivity index (χ3v) is 1.21. The highest BCUT2D eigenvalue weighted by molar-refractivity contribution is 5.75. The van der Waals surface area contributed by atoms with Crippen molar-refractivity contribution in [3.63, 3.8) is 0 Å². The van der Waals surface area contributed by atoms with Crippen LogP contribution in [-0.2, 0) is 0 Å². The topological polar surface area (TPSA) is 46.8 Å². The van der Waals surface area contributed by atoms with Crippen LogP contribution in [0.5, 0.6) is 0 Å². The van der Waals surface area contributed by atoms with Crippen LogP contribution in [0.2, 0.25) is 0 Å². The summed E-state index contributed by atoms with van der Waals surface area (Å²) in [5.74, 6) is 0. The number of carbonyl (C=O) groups excluding carboxylic acids is 1. The van der Waals surface area contributed by atoms with Crippen molar-refractivity contribution in [3.8, 4) is 0 Å². The Morgan fingerprint density at radius 3 is 2.75 bits per heavy atom. The van der Waals surface area contributed by atoms with Crippen LogP contribution in [0, 0.1) is 6.54 Å². The average molecular weight is 112 g/mol. The second-order valence-corrected chi connectivity index (χ2v) is 1.82. The molecule has 1 saturated heterocycles. The standard InChI is InChI=1S/C5H8N2O/c6-5(8)7-3-1-2-4-7/h3,6H,1-2,4H2/q+1. The maximum absolute atomic E-state index is 10.2. The molecule has 0 unspecified atom stereocenters. The fourth-order valence-electron chi connectivity index (χ4n) is 0.784. The van der Waals surface area contributed by atoms with E-state index in [4.69, 9.17) is 5.73 Å². The van der Waals surface area contributed by atoms with Crippen molar-refractivity contribution in [2.45, 2.75) is 12.8 Å². The van der Waals surface area contributed by atoms with Crippen LogP contribution in [0.1, 0.15) is 12.8 Å². The number of urea groups is 1. The van der Waals surface area contributed by atoms with Gasteiger partial charge in [0.2, 0.25) is 0 Å². The van der Waals surface area contributed by atoms with Gasteiger partial charge in [-0.3, -0.25) is 0 Å². The molecule has 3 radical (unpaired) electrons. The second kappa shape index (κ2) is 2.13. The molecule has 3 nitrogen and oxygen atoms in total. The predicted octanol–water partition coefficient (Wildman–Crippen LogP) is 0.485. The molecule has 0 saturated carbocycles. The van der Waals surface area contributed by atoms with E-state index >= 15 is 0 Å². The van der Waals surface area contributed by atoms with Gasteiger partial charge in [-0.2, -0.15) is 4.79 Å². The first kappa shape index (κ1) is 5.56. The largest absolute Gasteiger partial charge is 0.483 e. The van der Waals surface area contributed by atoms with Crippen molar-refractivity contribution in [2.24, 2.45) is 0 Å². The summed E-state index contributed by atoms with van der Waals surface area (Å²) in [4.78, 5) is 11.6. The lowest BCUT2D eigenvalue weighted by Gasteiger charge is -1.90. The predicted molar refractivity (Wildman–Crippen MR) is 29.0 cm³/mol. The van der Waals surface area contributed by atoms with Gasteiger partial charge in [-0.15, -0.1) is 0 Å². The first-order valence-corrected chi connectivity index (χ1v) is 2.66. The van der Waals surface area contributed by atoms with E-state index in [1.165, 1.54) is 4.90 Å². The summed E-state index contributed by atoms with van der Waals surface area (Å²) in [5, 5.41) is 0. The van der Waals surface area contributed by atoms with Gasteiger partial charge in [0.15, 0.2) is 6.54 Å². The minimum absolute atomic E-state index is 0.581. The first-order chi connectivity index (χ1) is 3.80. The van der Waals surface area contributed by atoms with Gasteiger partial charge in [0.1, 0.15) is 6.54 Å². The lowest BCUT2D eigenvalue weighted by Crippen LogP contribution is -2.29. The lowest BCUT2D eigenvalue weighted by atomic mass is 10.4. The van der Waals surface area contributed by atoms with Crippen LogP contribution in [0.4, 0.5) is 4.79 Å². The van der Waals surface area contributed by atoms with Crippen molar-refractivity contribution >= 4 is 6.03 Å². The van der Waals surface area contributed by atoms with Crippen LogP contribution in [0.15, 0.2) is 0 Å². The number of hydrogen-bond acceptors (Lipinski definition) is 1. The van der Waals surface area contributed by atoms with E-state index in [0.29, 0.717) is 0 Å². The fraction of sp³-hybridized carbons (Fsp3) is 0.600. The molecule has 1 aliphatic rings. The maximum Gasteiger partial charge on any atom is 0.483 e. The molecule has 3 heteroatoms. The molecule has 0 spiro atoms. The molecule has 1 fully saturated rings. The Labute approximate surface area is 48.5 Å². The van der Waals surface area contributed by atoms with E-state index in [1.807, 2.05) is 0 Å². The molecule has 0 bridgehead atoms. The van der Waals surface area contributed by atoms with E-state index < -0.39 is 6.03 Å². The van der Waals surface area contributed by atoms with E-state index in [9.17, 15) is 4.79 Å². The number of nitrogens with zero attached hydrogens (tertiary/aromatic N) is 1.